The number of hydrogen-bond donors (Lipinski definition) is 3. The van der Waals surface area contributed by atoms with Crippen LogP contribution in [0.2, 0.25) is 0 Å². The third-order valence-corrected chi connectivity index (χ3v) is 5.71. The molecule has 0 fully saturated rings. The van der Waals surface area contributed by atoms with E-state index in [-0.39, 0.29) is 29.9 Å². The minimum atomic E-state index is -1.41. The number of nitrogens with zero attached hydrogens (tertiary/aromatic N) is 3. The minimum Gasteiger partial charge on any atom is -0.418 e. The van der Waals surface area contributed by atoms with Gasteiger partial charge in [-0.1, -0.05) is 35.9 Å². The normalized spacial score (nSPS) is 15.9. The monoisotopic (exact) mass is 461 g/mol. The van der Waals surface area contributed by atoms with Crippen LogP contribution in [0.15, 0.2) is 59.0 Å². The number of benzene rings is 2. The van der Waals surface area contributed by atoms with Crippen LogP contribution in [0.25, 0.3) is 11.5 Å². The summed E-state index contributed by atoms with van der Waals surface area (Å²) in [6.45, 7) is 3.42. The van der Waals surface area contributed by atoms with E-state index >= 15 is 0 Å². The van der Waals surface area contributed by atoms with Crippen molar-refractivity contribution in [3.05, 3.63) is 82.8 Å². The van der Waals surface area contributed by atoms with E-state index < -0.39 is 18.3 Å². The van der Waals surface area contributed by atoms with E-state index in [9.17, 15) is 14.3 Å². The van der Waals surface area contributed by atoms with Gasteiger partial charge < -0.3 is 25.2 Å². The number of hydrogen-bond acceptors (Lipinski definition) is 7. The first kappa shape index (κ1) is 23.2. The Morgan fingerprint density at radius 2 is 1.97 bits per heavy atom. The average molecular weight is 461 g/mol. The number of fused-ring (bicyclic) bond motifs is 1. The number of carbonyl (C=O) groups is 1. The maximum atomic E-state index is 13.5. The second-order valence-corrected chi connectivity index (χ2v) is 8.15. The lowest BCUT2D eigenvalue weighted by molar-refractivity contribution is 0.0539. The maximum Gasteiger partial charge on any atom is 0.255 e. The molecule has 0 aliphatic carbocycles. The highest BCUT2D eigenvalue weighted by atomic mass is 19.1. The van der Waals surface area contributed by atoms with Crippen molar-refractivity contribution in [3.8, 4) is 11.5 Å². The van der Waals surface area contributed by atoms with Crippen molar-refractivity contribution in [2.75, 3.05) is 0 Å². The van der Waals surface area contributed by atoms with E-state index in [0.717, 1.165) is 17.3 Å². The molecule has 2 unspecified atom stereocenters. The van der Waals surface area contributed by atoms with Crippen LogP contribution < -0.4 is 0 Å². The Morgan fingerprint density at radius 1 is 1.24 bits per heavy atom. The summed E-state index contributed by atoms with van der Waals surface area (Å²) in [6.07, 6.45) is 1.26. The molecule has 1 aliphatic rings. The number of halogens is 1. The lowest BCUT2D eigenvalue weighted by atomic mass is 9.96. The number of carbonyl (C=O) groups excluding carboxylic acids is 1. The summed E-state index contributed by atoms with van der Waals surface area (Å²) < 4.78 is 18.8. The first-order chi connectivity index (χ1) is 16.3. The molecule has 0 bridgehead atoms. The Labute approximate surface area is 195 Å². The highest BCUT2D eigenvalue weighted by molar-refractivity contribution is 6.06. The fourth-order valence-electron chi connectivity index (χ4n) is 3.90. The van der Waals surface area contributed by atoms with Gasteiger partial charge in [0.15, 0.2) is 6.17 Å². The van der Waals surface area contributed by atoms with Crippen LogP contribution in [-0.2, 0) is 6.54 Å². The van der Waals surface area contributed by atoms with Crippen molar-refractivity contribution >= 4 is 17.8 Å². The van der Waals surface area contributed by atoms with Crippen LogP contribution in [0.5, 0.6) is 0 Å². The molecule has 0 radical (unpaired) electrons. The number of aromatic nitrogens is 2. The third-order valence-electron chi connectivity index (χ3n) is 5.71. The molecule has 0 spiro atoms. The molecule has 3 atom stereocenters. The largest absolute Gasteiger partial charge is 0.418 e. The van der Waals surface area contributed by atoms with Gasteiger partial charge in [0.1, 0.15) is 12.1 Å². The fourth-order valence-corrected chi connectivity index (χ4v) is 3.90. The summed E-state index contributed by atoms with van der Waals surface area (Å²) in [5.41, 5.74) is 3.17. The summed E-state index contributed by atoms with van der Waals surface area (Å²) in [5, 5.41) is 34.5. The molecule has 4 rings (SSSR count). The second kappa shape index (κ2) is 9.48. The summed E-state index contributed by atoms with van der Waals surface area (Å²) in [6, 6.07) is 11.3. The molecule has 174 valence electrons. The lowest BCUT2D eigenvalue weighted by Crippen LogP contribution is -2.44. The number of aliphatic hydroxyl groups is 1. The number of amides is 1. The SMILES string of the molecule is Cc1ccc(C(O)[C@@H](C(=N)/C=C\C=N)N2Cc3ccc(-c4nnc(C(C)F)o4)cc3C2=O)cc1. The van der Waals surface area contributed by atoms with Crippen molar-refractivity contribution in [2.24, 2.45) is 0 Å². The first-order valence-corrected chi connectivity index (χ1v) is 10.7. The van der Waals surface area contributed by atoms with Gasteiger partial charge in [0.2, 0.25) is 5.89 Å². The number of alkyl halides is 1. The van der Waals surface area contributed by atoms with Crippen LogP contribution >= 0.6 is 0 Å². The van der Waals surface area contributed by atoms with Crippen LogP contribution in [0.1, 0.15) is 52.1 Å². The Bertz CT molecular complexity index is 1270. The van der Waals surface area contributed by atoms with Gasteiger partial charge in [-0.25, -0.2) is 4.39 Å². The zero-order valence-electron chi connectivity index (χ0n) is 18.7. The summed E-state index contributed by atoms with van der Waals surface area (Å²) in [4.78, 5) is 14.9. The van der Waals surface area contributed by atoms with Crippen molar-refractivity contribution in [1.29, 1.82) is 10.8 Å². The molecule has 2 aromatic carbocycles. The third kappa shape index (κ3) is 4.42. The molecule has 9 heteroatoms. The topological polar surface area (TPSA) is 127 Å². The van der Waals surface area contributed by atoms with Crippen LogP contribution in [0.3, 0.4) is 0 Å². The Morgan fingerprint density at radius 3 is 2.62 bits per heavy atom. The predicted octanol–water partition coefficient (Wildman–Crippen LogP) is 4.36. The smallest absolute Gasteiger partial charge is 0.255 e. The predicted molar refractivity (Wildman–Crippen MR) is 125 cm³/mol. The number of allylic oxidation sites excluding steroid dienone is 1. The Hall–Kier alpha value is -3.98. The highest BCUT2D eigenvalue weighted by Gasteiger charge is 2.39. The number of aryl methyl sites for hydroxylation is 1. The van der Waals surface area contributed by atoms with E-state index in [4.69, 9.17) is 15.2 Å². The zero-order chi connectivity index (χ0) is 24.4. The minimum absolute atomic E-state index is 0.00330. The van der Waals surface area contributed by atoms with Crippen LogP contribution in [0.4, 0.5) is 4.39 Å². The maximum absolute atomic E-state index is 13.5. The molecular formula is C25H24FN5O3. The van der Waals surface area contributed by atoms with Crippen molar-refractivity contribution in [2.45, 2.75) is 38.7 Å². The molecule has 1 amide bonds. The second-order valence-electron chi connectivity index (χ2n) is 8.15. The van der Waals surface area contributed by atoms with Gasteiger partial charge >= 0.3 is 0 Å². The van der Waals surface area contributed by atoms with Gasteiger partial charge in [-0.05, 0) is 49.3 Å². The Kier molecular flexibility index (Phi) is 6.47. The van der Waals surface area contributed by atoms with Gasteiger partial charge in [-0.3, -0.25) is 4.79 Å². The van der Waals surface area contributed by atoms with Crippen molar-refractivity contribution in [3.63, 3.8) is 0 Å². The van der Waals surface area contributed by atoms with E-state index in [1.165, 1.54) is 24.0 Å². The number of rotatable bonds is 8. The number of aliphatic hydroxyl groups excluding tert-OH is 1. The van der Waals surface area contributed by atoms with E-state index in [0.29, 0.717) is 16.7 Å². The van der Waals surface area contributed by atoms with Gasteiger partial charge in [-0.15, -0.1) is 10.2 Å². The molecule has 3 N–H and O–H groups in total. The van der Waals surface area contributed by atoms with E-state index in [2.05, 4.69) is 10.2 Å². The molecule has 2 heterocycles. The summed E-state index contributed by atoms with van der Waals surface area (Å²) in [5.74, 6) is -0.401. The average Bonchev–Trinajstić information content (AvgIpc) is 3.44. The molecule has 8 nitrogen and oxygen atoms in total. The molecule has 0 saturated heterocycles. The molecule has 1 aliphatic heterocycles. The molecule has 0 saturated carbocycles. The molecule has 3 aromatic rings. The highest BCUT2D eigenvalue weighted by Crippen LogP contribution is 2.33. The lowest BCUT2D eigenvalue weighted by Gasteiger charge is -2.31. The molecule has 34 heavy (non-hydrogen) atoms. The Balaban J connectivity index is 1.68. The van der Waals surface area contributed by atoms with E-state index in [1.54, 1.807) is 30.3 Å². The standard InChI is InChI=1S/C25H24FN5O3/c1-14-5-7-16(8-6-14)22(32)21(20(28)4-3-11-27)31-13-18-10-9-17(12-19(18)25(31)33)24-30-29-23(34-24)15(2)26/h3-12,15,21-22,27-28,32H,13H2,1-2H3/b4-3-,27-11?,28-20?/t15?,21-,22?/m1/s1. The molecular weight excluding hydrogens is 437 g/mol. The summed E-state index contributed by atoms with van der Waals surface area (Å²) in [7, 11) is 0. The van der Waals surface area contributed by atoms with E-state index in [1.807, 2.05) is 19.1 Å². The van der Waals surface area contributed by atoms with Gasteiger partial charge in [0, 0.05) is 23.9 Å². The van der Waals surface area contributed by atoms with Gasteiger partial charge in [0.05, 0.1) is 5.71 Å². The van der Waals surface area contributed by atoms with Crippen LogP contribution in [0, 0.1) is 17.7 Å². The van der Waals surface area contributed by atoms with Crippen molar-refractivity contribution < 1.29 is 18.7 Å². The fraction of sp³-hybridized carbons (Fsp3) is 0.240. The van der Waals surface area contributed by atoms with Crippen LogP contribution in [-0.4, -0.2) is 44.1 Å². The zero-order valence-corrected chi connectivity index (χ0v) is 18.7. The van der Waals surface area contributed by atoms with Crippen molar-refractivity contribution in [1.82, 2.24) is 15.1 Å². The van der Waals surface area contributed by atoms with Gasteiger partial charge in [-0.2, -0.15) is 0 Å². The van der Waals surface area contributed by atoms with Gasteiger partial charge in [0.25, 0.3) is 11.8 Å². The molecule has 1 aromatic heterocycles. The quantitative estimate of drug-likeness (QED) is 0.430. The summed E-state index contributed by atoms with van der Waals surface area (Å²) >= 11 is 0. The number of nitrogens with one attached hydrogen (secondary N) is 2. The first-order valence-electron chi connectivity index (χ1n) is 10.7.